The van der Waals surface area contributed by atoms with Gasteiger partial charge < -0.3 is 24.1 Å². The Balaban J connectivity index is 1.55. The lowest BCUT2D eigenvalue weighted by atomic mass is 9.84. The van der Waals surface area contributed by atoms with Gasteiger partial charge in [-0.3, -0.25) is 29.4 Å². The molecule has 1 aromatic carbocycles. The maximum absolute atomic E-state index is 14.5. The van der Waals surface area contributed by atoms with Crippen molar-refractivity contribution < 1.29 is 41.8 Å². The summed E-state index contributed by atoms with van der Waals surface area (Å²) >= 11 is 1.21. The maximum Gasteiger partial charge on any atom is 0.411 e. The van der Waals surface area contributed by atoms with E-state index in [1.807, 2.05) is 53.7 Å². The number of nitrogens with one attached hydrogen (secondary N) is 2. The Labute approximate surface area is 348 Å². The minimum atomic E-state index is -4.73. The Kier molecular flexibility index (Phi) is 13.5. The van der Waals surface area contributed by atoms with E-state index < -0.39 is 66.1 Å². The second-order valence-electron chi connectivity index (χ2n) is 16.7. The lowest BCUT2D eigenvalue weighted by Gasteiger charge is -2.37. The number of amides is 2. The fraction of sp³-hybridized carbons (Fsp3) is 0.605. The number of allylic oxidation sites excluding steroid dienone is 2. The number of aryl methyl sites for hydroxylation is 1. The smallest absolute Gasteiger partial charge is 0.411 e. The fourth-order valence-corrected chi connectivity index (χ4v) is 9.65. The molecule has 2 unspecified atom stereocenters. The molecule has 12 nitrogen and oxygen atoms in total. The van der Waals surface area contributed by atoms with Crippen molar-refractivity contribution >= 4 is 57.3 Å². The highest BCUT2D eigenvalue weighted by Gasteiger charge is 2.51. The molecule has 6 rings (SSSR count). The number of hydrogen-bond acceptors (Lipinski definition) is 10. The van der Waals surface area contributed by atoms with Crippen LogP contribution in [-0.2, 0) is 41.6 Å². The molecular formula is C43H57F3N6O6S. The first-order valence-corrected chi connectivity index (χ1v) is 21.4. The van der Waals surface area contributed by atoms with E-state index in [1.54, 1.807) is 19.4 Å². The number of ether oxygens (including phenoxy) is 3. The van der Waals surface area contributed by atoms with Gasteiger partial charge in [-0.2, -0.15) is 13.2 Å². The number of esters is 1. The van der Waals surface area contributed by atoms with Crippen LogP contribution in [0.3, 0.4) is 0 Å². The van der Waals surface area contributed by atoms with E-state index in [-0.39, 0.29) is 36.1 Å². The highest BCUT2D eigenvalue weighted by molar-refractivity contribution is 8.14. The number of carbonyl (C=O) groups is 3. The summed E-state index contributed by atoms with van der Waals surface area (Å²) in [6.07, 6.45) is -1.90. The van der Waals surface area contributed by atoms with E-state index in [4.69, 9.17) is 24.2 Å². The Bertz CT molecular complexity index is 2040. The Hall–Kier alpha value is -3.99. The molecule has 0 radical (unpaired) electrons. The van der Waals surface area contributed by atoms with Crippen LogP contribution in [0.4, 0.5) is 13.2 Å². The zero-order valence-corrected chi connectivity index (χ0v) is 36.0. The average molecular weight is 843 g/mol. The van der Waals surface area contributed by atoms with Crippen LogP contribution in [0.1, 0.15) is 84.2 Å². The highest BCUT2D eigenvalue weighted by atomic mass is 32.2. The van der Waals surface area contributed by atoms with Crippen LogP contribution < -0.4 is 10.7 Å². The van der Waals surface area contributed by atoms with Gasteiger partial charge in [-0.15, -0.1) is 11.8 Å². The van der Waals surface area contributed by atoms with Crippen LogP contribution in [0.25, 0.3) is 16.5 Å². The summed E-state index contributed by atoms with van der Waals surface area (Å²) in [5.74, 6) is -1.72. The van der Waals surface area contributed by atoms with E-state index >= 15 is 0 Å². The first kappa shape index (κ1) is 44.6. The number of carbonyl (C=O) groups excluding carboxylic acids is 3. The number of cyclic esters (lactones) is 1. The van der Waals surface area contributed by atoms with E-state index in [1.165, 1.54) is 16.8 Å². The van der Waals surface area contributed by atoms with Crippen molar-refractivity contribution in [2.24, 2.45) is 33.2 Å². The van der Waals surface area contributed by atoms with Crippen LogP contribution in [0.15, 0.2) is 46.5 Å². The van der Waals surface area contributed by atoms with Crippen molar-refractivity contribution in [2.45, 2.75) is 111 Å². The molecule has 0 spiro atoms. The summed E-state index contributed by atoms with van der Waals surface area (Å²) in [5, 5.41) is 5.09. The number of methoxy groups -OCH3 is 1. The van der Waals surface area contributed by atoms with Crippen molar-refractivity contribution in [3.63, 3.8) is 0 Å². The summed E-state index contributed by atoms with van der Waals surface area (Å²) in [6.45, 7) is 17.1. The standard InChI is InChI=1S/C43H57F3N6O6S/c1-10-27(34(47-11-2)25(6)56-9)36-29-19-42(7,8)21-58-41(55)30-14-13-17-52(50-30)40(54)35(49-38(53)33-23(4)24(33)5)37(57-22-43(44,45)46)39-48-31(20-59-39)26-15-16-32(28(29)18-26)51(36)12-3/h10-11,15-16,18,23-25,30-31,33,35,37,50H,1,12-14,17,19-22H2,2-9H3,(H,49,53)/b34-27+,47-11?/t23-,24+,25-,30-,31?,33?,35-,37-/m0/s1. The van der Waals surface area contributed by atoms with Crippen molar-refractivity contribution in [3.8, 4) is 0 Å². The summed E-state index contributed by atoms with van der Waals surface area (Å²) < 4.78 is 61.2. The summed E-state index contributed by atoms with van der Waals surface area (Å²) in [6, 6.07) is 3.08. The third kappa shape index (κ3) is 9.50. The SMILES string of the molecule is C=C/C(=C(\N=CC)[C@H](C)OC)c1c2c3cc(ccc3n1CC)C1CSC(=N1)[C@@H](OCC(F)(F)F)[C@H](NC(=O)C1[C@@H](C)[C@H]1C)C(=O)N1CCC[C@H](N1)C(=O)OCC(C)(C)C2. The number of aromatic nitrogens is 1. The number of alkyl halides is 3. The molecular weight excluding hydrogens is 786 g/mol. The third-order valence-electron chi connectivity index (χ3n) is 12.0. The number of nitrogens with zero attached hydrogens (tertiary/aromatic N) is 4. The second kappa shape index (κ2) is 17.9. The monoisotopic (exact) mass is 842 g/mol. The molecule has 4 aliphatic rings. The Morgan fingerprint density at radius 1 is 1.25 bits per heavy atom. The molecule has 322 valence electrons. The minimum Gasteiger partial charge on any atom is -0.464 e. The molecule has 8 atom stereocenters. The van der Waals surface area contributed by atoms with Gasteiger partial charge >= 0.3 is 12.1 Å². The molecule has 2 amide bonds. The van der Waals surface area contributed by atoms with Crippen molar-refractivity contribution in [2.75, 3.05) is 32.6 Å². The molecule has 6 bridgehead atoms. The van der Waals surface area contributed by atoms with Gasteiger partial charge in [0.2, 0.25) is 5.91 Å². The predicted molar refractivity (Wildman–Crippen MR) is 224 cm³/mol. The third-order valence-corrected chi connectivity index (χ3v) is 13.1. The fourth-order valence-electron chi connectivity index (χ4n) is 8.48. The Morgan fingerprint density at radius 3 is 2.61 bits per heavy atom. The van der Waals surface area contributed by atoms with Gasteiger partial charge in [0.25, 0.3) is 5.91 Å². The molecule has 2 N–H and O–H groups in total. The molecule has 2 fully saturated rings. The number of halogens is 3. The molecule has 2 aromatic rings. The molecule has 16 heteroatoms. The van der Waals surface area contributed by atoms with Gasteiger partial charge in [-0.1, -0.05) is 46.4 Å². The molecule has 1 saturated carbocycles. The van der Waals surface area contributed by atoms with Crippen LogP contribution in [0, 0.1) is 23.2 Å². The zero-order chi connectivity index (χ0) is 43.0. The summed E-state index contributed by atoms with van der Waals surface area (Å²) in [4.78, 5) is 51.6. The van der Waals surface area contributed by atoms with Crippen LogP contribution >= 0.6 is 11.8 Å². The van der Waals surface area contributed by atoms with E-state index in [0.29, 0.717) is 37.3 Å². The van der Waals surface area contributed by atoms with Gasteiger partial charge in [-0.25, -0.2) is 5.43 Å². The van der Waals surface area contributed by atoms with E-state index in [2.05, 4.69) is 34.9 Å². The van der Waals surface area contributed by atoms with E-state index in [9.17, 15) is 27.6 Å². The van der Waals surface area contributed by atoms with Gasteiger partial charge in [-0.05, 0) is 75.1 Å². The van der Waals surface area contributed by atoms with Crippen LogP contribution in [0.2, 0.25) is 0 Å². The summed E-state index contributed by atoms with van der Waals surface area (Å²) in [5.41, 5.74) is 7.53. The van der Waals surface area contributed by atoms with Crippen LogP contribution in [-0.4, -0.2) is 102 Å². The number of benzene rings is 1. The Morgan fingerprint density at radius 2 is 1.98 bits per heavy atom. The van der Waals surface area contributed by atoms with Crippen molar-refractivity contribution in [3.05, 3.63) is 53.4 Å². The number of fused-ring (bicyclic) bond motifs is 5. The first-order chi connectivity index (χ1) is 27.9. The molecule has 1 aliphatic carbocycles. The molecule has 4 heterocycles. The van der Waals surface area contributed by atoms with Crippen molar-refractivity contribution in [1.82, 2.24) is 20.3 Å². The van der Waals surface area contributed by atoms with Gasteiger partial charge in [0, 0.05) is 60.0 Å². The minimum absolute atomic E-state index is 0.0354. The highest BCUT2D eigenvalue weighted by Crippen LogP contribution is 2.46. The van der Waals surface area contributed by atoms with E-state index in [0.717, 1.165) is 33.3 Å². The predicted octanol–water partition coefficient (Wildman–Crippen LogP) is 6.83. The first-order valence-electron chi connectivity index (χ1n) is 20.4. The largest absolute Gasteiger partial charge is 0.464 e. The average Bonchev–Trinajstić information content (AvgIpc) is 3.48. The molecule has 1 aromatic heterocycles. The van der Waals surface area contributed by atoms with Crippen LogP contribution in [0.5, 0.6) is 0 Å². The second-order valence-corrected chi connectivity index (χ2v) is 17.8. The molecule has 59 heavy (non-hydrogen) atoms. The lowest BCUT2D eigenvalue weighted by Crippen LogP contribution is -2.63. The topological polar surface area (TPSA) is 136 Å². The number of hydrazine groups is 1. The quantitative estimate of drug-likeness (QED) is 0.151. The maximum atomic E-state index is 14.5. The lowest BCUT2D eigenvalue weighted by molar-refractivity contribution is -0.183. The number of rotatable bonds is 10. The number of hydrogen-bond donors (Lipinski definition) is 2. The van der Waals surface area contributed by atoms with Gasteiger partial charge in [0.15, 0.2) is 0 Å². The summed E-state index contributed by atoms with van der Waals surface area (Å²) in [7, 11) is 1.63. The number of thioether (sulfide) groups is 1. The van der Waals surface area contributed by atoms with Gasteiger partial charge in [0.05, 0.1) is 30.1 Å². The molecule has 1 saturated heterocycles. The van der Waals surface area contributed by atoms with Crippen molar-refractivity contribution in [1.29, 1.82) is 0 Å². The normalized spacial score (nSPS) is 28.5. The van der Waals surface area contributed by atoms with Gasteiger partial charge in [0.1, 0.15) is 29.8 Å². The molecule has 3 aliphatic heterocycles. The number of aliphatic imine (C=N–C) groups is 2. The zero-order valence-electron chi connectivity index (χ0n) is 35.2.